The molecule has 0 saturated heterocycles. The number of rotatable bonds is 6. The summed E-state index contributed by atoms with van der Waals surface area (Å²) in [5, 5.41) is 0. The van der Waals surface area contributed by atoms with Gasteiger partial charge in [-0.25, -0.2) is 4.79 Å². The van der Waals surface area contributed by atoms with Crippen LogP contribution in [0.4, 0.5) is 0 Å². The lowest BCUT2D eigenvalue weighted by Crippen LogP contribution is -2.11. The average Bonchev–Trinajstić information content (AvgIpc) is 3.08. The van der Waals surface area contributed by atoms with Crippen LogP contribution in [-0.4, -0.2) is 12.6 Å². The number of ether oxygens (including phenoxy) is 3. The van der Waals surface area contributed by atoms with Gasteiger partial charge in [-0.3, -0.25) is 0 Å². The van der Waals surface area contributed by atoms with Crippen molar-refractivity contribution >= 4 is 5.97 Å². The van der Waals surface area contributed by atoms with Gasteiger partial charge in [0, 0.05) is 12.8 Å². The van der Waals surface area contributed by atoms with E-state index in [1.165, 1.54) is 6.26 Å². The first-order valence-electron chi connectivity index (χ1n) is 6.89. The van der Waals surface area contributed by atoms with Gasteiger partial charge in [-0.05, 0) is 44.8 Å². The largest absolute Gasteiger partial charge is 0.466 e. The molecule has 0 aromatic rings. The molecule has 4 nitrogen and oxygen atoms in total. The van der Waals surface area contributed by atoms with Crippen molar-refractivity contribution in [2.24, 2.45) is 0 Å². The molecular weight excluding hydrogens is 244 g/mol. The molecule has 2 rings (SSSR count). The van der Waals surface area contributed by atoms with E-state index in [0.717, 1.165) is 50.0 Å². The Morgan fingerprint density at radius 2 is 1.89 bits per heavy atom. The predicted octanol–water partition coefficient (Wildman–Crippen LogP) is 3.56. The van der Waals surface area contributed by atoms with E-state index in [1.54, 1.807) is 6.92 Å². The molecule has 0 aromatic heterocycles. The molecule has 0 aromatic carbocycles. The third-order valence-electron chi connectivity index (χ3n) is 3.03. The van der Waals surface area contributed by atoms with E-state index >= 15 is 0 Å². The molecule has 0 heterocycles. The Hall–Kier alpha value is -1.71. The van der Waals surface area contributed by atoms with Crippen molar-refractivity contribution in [1.29, 1.82) is 0 Å². The Balaban J connectivity index is 1.99. The highest BCUT2D eigenvalue weighted by Crippen LogP contribution is 2.23. The molecule has 104 valence electrons. The maximum atomic E-state index is 11.8. The van der Waals surface area contributed by atoms with Gasteiger partial charge in [0.25, 0.3) is 0 Å². The maximum absolute atomic E-state index is 11.8. The Morgan fingerprint density at radius 3 is 2.47 bits per heavy atom. The molecular formula is C15H20O4. The van der Waals surface area contributed by atoms with Gasteiger partial charge in [-0.1, -0.05) is 0 Å². The lowest BCUT2D eigenvalue weighted by atomic mass is 10.3. The zero-order chi connectivity index (χ0) is 13.5. The standard InChI is InChI=1S/C15H20O4/c1-2-17-15(16)14(19-13-9-5-6-10-13)11-18-12-7-3-4-8-12/h7,9,11H,2-6,8,10H2,1H3. The SMILES string of the molecule is CCOC(=O)C(=COC1=CCCC1)OC1=CCCC1. The van der Waals surface area contributed by atoms with Gasteiger partial charge < -0.3 is 14.2 Å². The highest BCUT2D eigenvalue weighted by Gasteiger charge is 2.18. The molecule has 0 unspecified atom stereocenters. The molecule has 0 spiro atoms. The van der Waals surface area contributed by atoms with E-state index in [9.17, 15) is 4.79 Å². The van der Waals surface area contributed by atoms with E-state index in [-0.39, 0.29) is 5.76 Å². The molecule has 0 radical (unpaired) electrons. The fourth-order valence-corrected chi connectivity index (χ4v) is 2.07. The van der Waals surface area contributed by atoms with Crippen LogP contribution in [0.2, 0.25) is 0 Å². The van der Waals surface area contributed by atoms with Crippen LogP contribution in [0.25, 0.3) is 0 Å². The van der Waals surface area contributed by atoms with Crippen molar-refractivity contribution in [1.82, 2.24) is 0 Å². The second kappa shape index (κ2) is 7.02. The number of carbonyl (C=O) groups excluding carboxylic acids is 1. The average molecular weight is 264 g/mol. The third kappa shape index (κ3) is 4.16. The Bertz CT molecular complexity index is 418. The minimum absolute atomic E-state index is 0.128. The van der Waals surface area contributed by atoms with Gasteiger partial charge in [0.05, 0.1) is 12.4 Å². The van der Waals surface area contributed by atoms with Crippen molar-refractivity contribution in [3.8, 4) is 0 Å². The second-order valence-corrected chi connectivity index (χ2v) is 4.55. The van der Waals surface area contributed by atoms with E-state index in [2.05, 4.69) is 0 Å². The van der Waals surface area contributed by atoms with Crippen LogP contribution in [0.3, 0.4) is 0 Å². The quantitative estimate of drug-likeness (QED) is 0.418. The highest BCUT2D eigenvalue weighted by molar-refractivity contribution is 5.86. The lowest BCUT2D eigenvalue weighted by Gasteiger charge is -2.10. The molecule has 4 heteroatoms. The fourth-order valence-electron chi connectivity index (χ4n) is 2.07. The summed E-state index contributed by atoms with van der Waals surface area (Å²) in [4.78, 5) is 11.8. The Kier molecular flexibility index (Phi) is 5.07. The van der Waals surface area contributed by atoms with Crippen LogP contribution in [0.15, 0.2) is 35.7 Å². The van der Waals surface area contributed by atoms with Crippen LogP contribution in [0.5, 0.6) is 0 Å². The fraction of sp³-hybridized carbons (Fsp3) is 0.533. The van der Waals surface area contributed by atoms with Crippen molar-refractivity contribution in [2.75, 3.05) is 6.61 Å². The van der Waals surface area contributed by atoms with Gasteiger partial charge >= 0.3 is 5.97 Å². The van der Waals surface area contributed by atoms with Crippen LogP contribution in [-0.2, 0) is 19.0 Å². The van der Waals surface area contributed by atoms with Gasteiger partial charge in [0.1, 0.15) is 12.0 Å². The van der Waals surface area contributed by atoms with E-state index in [0.29, 0.717) is 6.61 Å². The second-order valence-electron chi connectivity index (χ2n) is 4.55. The van der Waals surface area contributed by atoms with Crippen molar-refractivity contribution < 1.29 is 19.0 Å². The summed E-state index contributed by atoms with van der Waals surface area (Å²) in [7, 11) is 0. The summed E-state index contributed by atoms with van der Waals surface area (Å²) in [6.45, 7) is 2.09. The first kappa shape index (κ1) is 13.7. The molecule has 0 saturated carbocycles. The first-order chi connectivity index (χ1) is 9.29. The van der Waals surface area contributed by atoms with E-state index < -0.39 is 5.97 Å². The van der Waals surface area contributed by atoms with E-state index in [4.69, 9.17) is 14.2 Å². The van der Waals surface area contributed by atoms with Crippen molar-refractivity contribution in [2.45, 2.75) is 45.4 Å². The minimum atomic E-state index is -0.478. The topological polar surface area (TPSA) is 44.8 Å². The van der Waals surface area contributed by atoms with Gasteiger partial charge in [-0.2, -0.15) is 0 Å². The van der Waals surface area contributed by atoms with Gasteiger partial charge in [-0.15, -0.1) is 0 Å². The molecule has 0 atom stereocenters. The first-order valence-corrected chi connectivity index (χ1v) is 6.89. The maximum Gasteiger partial charge on any atom is 0.377 e. The van der Waals surface area contributed by atoms with Gasteiger partial charge in [0.15, 0.2) is 0 Å². The summed E-state index contributed by atoms with van der Waals surface area (Å²) in [5.41, 5.74) is 0. The molecule has 2 aliphatic rings. The number of allylic oxidation sites excluding steroid dienone is 4. The van der Waals surface area contributed by atoms with Crippen LogP contribution in [0.1, 0.15) is 45.4 Å². The van der Waals surface area contributed by atoms with Crippen LogP contribution in [0, 0.1) is 0 Å². The monoisotopic (exact) mass is 264 g/mol. The lowest BCUT2D eigenvalue weighted by molar-refractivity contribution is -0.142. The molecule has 0 amide bonds. The number of carbonyl (C=O) groups is 1. The zero-order valence-electron chi connectivity index (χ0n) is 11.3. The third-order valence-corrected chi connectivity index (χ3v) is 3.03. The van der Waals surface area contributed by atoms with Crippen molar-refractivity contribution in [3.63, 3.8) is 0 Å². The van der Waals surface area contributed by atoms with Crippen LogP contribution >= 0.6 is 0 Å². The van der Waals surface area contributed by atoms with E-state index in [1.807, 2.05) is 12.2 Å². The van der Waals surface area contributed by atoms with Crippen LogP contribution < -0.4 is 0 Å². The van der Waals surface area contributed by atoms with Gasteiger partial charge in [0.2, 0.25) is 5.76 Å². The molecule has 19 heavy (non-hydrogen) atoms. The summed E-state index contributed by atoms with van der Waals surface area (Å²) in [6.07, 6.45) is 11.4. The molecule has 2 aliphatic carbocycles. The summed E-state index contributed by atoms with van der Waals surface area (Å²) in [5.74, 6) is 1.37. The molecule has 0 fully saturated rings. The minimum Gasteiger partial charge on any atom is -0.466 e. The molecule has 0 bridgehead atoms. The highest BCUT2D eigenvalue weighted by atomic mass is 16.6. The van der Waals surface area contributed by atoms with Crippen molar-refractivity contribution in [3.05, 3.63) is 35.7 Å². The number of hydrogen-bond donors (Lipinski definition) is 0. The Morgan fingerprint density at radius 1 is 1.21 bits per heavy atom. The smallest absolute Gasteiger partial charge is 0.377 e. The molecule has 0 N–H and O–H groups in total. The number of esters is 1. The normalized spacial score (nSPS) is 18.9. The molecule has 0 aliphatic heterocycles. The predicted molar refractivity (Wildman–Crippen MR) is 70.8 cm³/mol. The Labute approximate surface area is 113 Å². The summed E-state index contributed by atoms with van der Waals surface area (Å²) < 4.78 is 16.0. The zero-order valence-corrected chi connectivity index (χ0v) is 11.3. The number of hydrogen-bond acceptors (Lipinski definition) is 4. The summed E-state index contributed by atoms with van der Waals surface area (Å²) in [6, 6.07) is 0. The summed E-state index contributed by atoms with van der Waals surface area (Å²) >= 11 is 0.